The number of hydrogen-bond donors (Lipinski definition) is 1. The molecule has 0 spiro atoms. The van der Waals surface area contributed by atoms with Gasteiger partial charge in [0.2, 0.25) is 0 Å². The van der Waals surface area contributed by atoms with Crippen molar-refractivity contribution in [2.24, 2.45) is 11.7 Å². The molecule has 0 amide bonds. The van der Waals surface area contributed by atoms with Gasteiger partial charge in [0.1, 0.15) is 5.82 Å². The van der Waals surface area contributed by atoms with Gasteiger partial charge in [-0.25, -0.2) is 4.98 Å². The first-order valence-electron chi connectivity index (χ1n) is 9.03. The summed E-state index contributed by atoms with van der Waals surface area (Å²) in [6, 6.07) is 11.4. The summed E-state index contributed by atoms with van der Waals surface area (Å²) in [5.74, 6) is 0.984. The maximum absolute atomic E-state index is 13.1. The number of benzene rings is 2. The Labute approximate surface area is 157 Å². The van der Waals surface area contributed by atoms with E-state index in [0.717, 1.165) is 23.3 Å². The summed E-state index contributed by atoms with van der Waals surface area (Å²) in [6.07, 6.45) is -3.68. The highest BCUT2D eigenvalue weighted by Crippen LogP contribution is 2.33. The van der Waals surface area contributed by atoms with Crippen molar-refractivity contribution in [1.82, 2.24) is 9.55 Å². The maximum atomic E-state index is 13.1. The van der Waals surface area contributed by atoms with Crippen LogP contribution in [0.4, 0.5) is 13.2 Å². The number of aryl methyl sites for hydroxylation is 1. The quantitative estimate of drug-likeness (QED) is 0.644. The van der Waals surface area contributed by atoms with E-state index in [1.54, 1.807) is 0 Å². The lowest BCUT2D eigenvalue weighted by molar-refractivity contribution is -0.137. The van der Waals surface area contributed by atoms with Crippen molar-refractivity contribution in [3.8, 4) is 0 Å². The number of imidazole rings is 1. The predicted octanol–water partition coefficient (Wildman–Crippen LogP) is 5.46. The molecule has 0 fully saturated rings. The van der Waals surface area contributed by atoms with Crippen molar-refractivity contribution >= 4 is 11.0 Å². The lowest BCUT2D eigenvalue weighted by Gasteiger charge is -2.17. The van der Waals surface area contributed by atoms with Gasteiger partial charge < -0.3 is 10.3 Å². The van der Waals surface area contributed by atoms with Crippen molar-refractivity contribution in [2.45, 2.75) is 46.0 Å². The molecule has 1 heterocycles. The Bertz CT molecular complexity index is 941. The van der Waals surface area contributed by atoms with Crippen molar-refractivity contribution in [3.63, 3.8) is 0 Å². The monoisotopic (exact) mass is 375 g/mol. The van der Waals surface area contributed by atoms with E-state index in [4.69, 9.17) is 5.73 Å². The van der Waals surface area contributed by atoms with E-state index in [1.807, 2.05) is 29.7 Å². The molecule has 1 aromatic heterocycles. The molecule has 0 saturated heterocycles. The number of nitrogens with zero attached hydrogens (tertiary/aromatic N) is 2. The van der Waals surface area contributed by atoms with Crippen LogP contribution in [-0.2, 0) is 12.7 Å². The predicted molar refractivity (Wildman–Crippen MR) is 101 cm³/mol. The Morgan fingerprint density at radius 1 is 1.11 bits per heavy atom. The van der Waals surface area contributed by atoms with Crippen LogP contribution in [0.15, 0.2) is 42.5 Å². The Balaban J connectivity index is 2.12. The second kappa shape index (κ2) is 7.35. The average Bonchev–Trinajstić information content (AvgIpc) is 2.91. The van der Waals surface area contributed by atoms with E-state index in [2.05, 4.69) is 24.9 Å². The minimum Gasteiger partial charge on any atom is -0.322 e. The van der Waals surface area contributed by atoms with Gasteiger partial charge in [-0.1, -0.05) is 43.7 Å². The van der Waals surface area contributed by atoms with Gasteiger partial charge in [0.05, 0.1) is 22.6 Å². The highest BCUT2D eigenvalue weighted by Gasteiger charge is 2.31. The first-order valence-corrected chi connectivity index (χ1v) is 9.03. The zero-order valence-electron chi connectivity index (χ0n) is 15.7. The van der Waals surface area contributed by atoms with Crippen LogP contribution < -0.4 is 5.73 Å². The Morgan fingerprint density at radius 3 is 2.48 bits per heavy atom. The average molecular weight is 375 g/mol. The summed E-state index contributed by atoms with van der Waals surface area (Å²) in [6.45, 7) is 6.66. The fourth-order valence-electron chi connectivity index (χ4n) is 3.38. The van der Waals surface area contributed by atoms with Gasteiger partial charge in [0.25, 0.3) is 0 Å². The van der Waals surface area contributed by atoms with Gasteiger partial charge in [-0.3, -0.25) is 0 Å². The molecular formula is C21H24F3N3. The van der Waals surface area contributed by atoms with Gasteiger partial charge >= 0.3 is 6.18 Å². The molecule has 0 saturated carbocycles. The molecule has 6 heteroatoms. The van der Waals surface area contributed by atoms with Gasteiger partial charge in [-0.05, 0) is 43.0 Å². The van der Waals surface area contributed by atoms with Crippen LogP contribution in [0.3, 0.4) is 0 Å². The second-order valence-electron chi connectivity index (χ2n) is 7.48. The first kappa shape index (κ1) is 19.4. The molecule has 2 N–H and O–H groups in total. The van der Waals surface area contributed by atoms with E-state index in [0.29, 0.717) is 35.7 Å². The van der Waals surface area contributed by atoms with Gasteiger partial charge in [-0.15, -0.1) is 0 Å². The van der Waals surface area contributed by atoms with Crippen LogP contribution in [-0.4, -0.2) is 9.55 Å². The smallest absolute Gasteiger partial charge is 0.322 e. The summed E-state index contributed by atoms with van der Waals surface area (Å²) in [5.41, 5.74) is 8.85. The normalized spacial score (nSPS) is 13.5. The third-order valence-corrected chi connectivity index (χ3v) is 4.59. The van der Waals surface area contributed by atoms with Crippen LogP contribution in [0.5, 0.6) is 0 Å². The molecule has 0 bridgehead atoms. The molecule has 3 aromatic rings. The molecule has 0 aliphatic rings. The van der Waals surface area contributed by atoms with Crippen molar-refractivity contribution in [2.75, 3.05) is 0 Å². The molecule has 1 atom stereocenters. The number of fused-ring (bicyclic) bond motifs is 1. The second-order valence-corrected chi connectivity index (χ2v) is 7.48. The topological polar surface area (TPSA) is 43.8 Å². The first-order chi connectivity index (χ1) is 12.6. The molecule has 0 aliphatic carbocycles. The van der Waals surface area contributed by atoms with Crippen LogP contribution >= 0.6 is 0 Å². The Morgan fingerprint density at radius 2 is 1.85 bits per heavy atom. The minimum atomic E-state index is -4.39. The third-order valence-electron chi connectivity index (χ3n) is 4.59. The van der Waals surface area contributed by atoms with Crippen LogP contribution in [0.2, 0.25) is 0 Å². The van der Waals surface area contributed by atoms with Crippen LogP contribution in [0.25, 0.3) is 11.0 Å². The Hall–Kier alpha value is -2.34. The molecular weight excluding hydrogens is 351 g/mol. The van der Waals surface area contributed by atoms with E-state index in [-0.39, 0.29) is 6.04 Å². The zero-order valence-corrected chi connectivity index (χ0v) is 15.7. The summed E-state index contributed by atoms with van der Waals surface area (Å²) >= 11 is 0. The fraction of sp³-hybridized carbons (Fsp3) is 0.381. The lowest BCUT2D eigenvalue weighted by atomic mass is 10.0. The molecule has 3 nitrogen and oxygen atoms in total. The van der Waals surface area contributed by atoms with Gasteiger partial charge in [0, 0.05) is 6.54 Å². The van der Waals surface area contributed by atoms with Crippen LogP contribution in [0, 0.1) is 12.8 Å². The summed E-state index contributed by atoms with van der Waals surface area (Å²) < 4.78 is 41.2. The molecule has 3 rings (SSSR count). The molecule has 2 aromatic carbocycles. The van der Waals surface area contributed by atoms with Crippen molar-refractivity contribution in [3.05, 3.63) is 65.0 Å². The lowest BCUT2D eigenvalue weighted by Crippen LogP contribution is -2.19. The molecule has 27 heavy (non-hydrogen) atoms. The van der Waals surface area contributed by atoms with Gasteiger partial charge in [-0.2, -0.15) is 13.2 Å². The molecule has 0 unspecified atom stereocenters. The Kier molecular flexibility index (Phi) is 5.29. The highest BCUT2D eigenvalue weighted by molar-refractivity contribution is 5.77. The van der Waals surface area contributed by atoms with Crippen molar-refractivity contribution in [1.29, 1.82) is 0 Å². The summed E-state index contributed by atoms with van der Waals surface area (Å²) in [7, 11) is 0. The standard InChI is InChI=1S/C21H24F3N3/c1-13(2)9-17(25)20-26-18-11-16(21(22,23)24)7-8-19(18)27(20)12-15-6-4-5-14(3)10-15/h4-8,10-11,13,17H,9,12,25H2,1-3H3/t17-/m0/s1. The zero-order chi connectivity index (χ0) is 19.8. The SMILES string of the molecule is Cc1cccc(Cn2c([C@@H](N)CC(C)C)nc3cc(C(F)(F)F)ccc32)c1. The molecule has 0 aliphatic heterocycles. The van der Waals surface area contributed by atoms with E-state index >= 15 is 0 Å². The highest BCUT2D eigenvalue weighted by atomic mass is 19.4. The summed E-state index contributed by atoms with van der Waals surface area (Å²) in [5, 5.41) is 0. The third kappa shape index (κ3) is 4.33. The number of hydrogen-bond acceptors (Lipinski definition) is 2. The number of alkyl halides is 3. The number of aromatic nitrogens is 2. The number of nitrogens with two attached hydrogens (primary N) is 1. The summed E-state index contributed by atoms with van der Waals surface area (Å²) in [4.78, 5) is 4.50. The van der Waals surface area contributed by atoms with Gasteiger partial charge in [0.15, 0.2) is 0 Å². The minimum absolute atomic E-state index is 0.326. The molecule has 0 radical (unpaired) electrons. The number of rotatable bonds is 5. The van der Waals surface area contributed by atoms with E-state index < -0.39 is 11.7 Å². The van der Waals surface area contributed by atoms with Crippen molar-refractivity contribution < 1.29 is 13.2 Å². The fourth-order valence-corrected chi connectivity index (χ4v) is 3.38. The maximum Gasteiger partial charge on any atom is 0.416 e. The number of halogens is 3. The van der Waals surface area contributed by atoms with Crippen LogP contribution in [0.1, 0.15) is 48.8 Å². The largest absolute Gasteiger partial charge is 0.416 e. The van der Waals surface area contributed by atoms with E-state index in [1.165, 1.54) is 6.07 Å². The van der Waals surface area contributed by atoms with E-state index in [9.17, 15) is 13.2 Å². The molecule has 144 valence electrons.